The normalized spacial score (nSPS) is 31.3. The van der Waals surface area contributed by atoms with E-state index < -0.39 is 47.5 Å². The molecule has 202 valence electrons. The summed E-state index contributed by atoms with van der Waals surface area (Å²) in [7, 11) is 0. The second kappa shape index (κ2) is 10.1. The Morgan fingerprint density at radius 1 is 1.29 bits per heavy atom. The first-order chi connectivity index (χ1) is 18.2. The summed E-state index contributed by atoms with van der Waals surface area (Å²) >= 11 is 3.58. The zero-order chi connectivity index (χ0) is 27.4. The summed E-state index contributed by atoms with van der Waals surface area (Å²) in [6.45, 7) is 7.58. The highest BCUT2D eigenvalue weighted by Gasteiger charge is 2.77. The van der Waals surface area contributed by atoms with Gasteiger partial charge in [-0.05, 0) is 35.2 Å². The number of halogens is 1. The molecule has 3 heterocycles. The van der Waals surface area contributed by atoms with Crippen LogP contribution in [-0.2, 0) is 19.1 Å². The standard InChI is InChI=1S/C29H33BrN2O6/c1-4-12-31(19-11-10-17-8-6-7-9-18(17)13-19)27(35)25-29-14-20(30)24(38-29)22(28(36)37)23(29)26(34)32(25)21(15-33)16(3)5-2/h4,6-11,13,16,20-25,33H,1,5,12,14-15H2,2-3H3,(H,36,37)/t16-,20?,21-,22+,23-,24+,25?,29?/m0/s1. The molecule has 2 bridgehead atoms. The van der Waals surface area contributed by atoms with Crippen molar-refractivity contribution in [1.82, 2.24) is 4.90 Å². The van der Waals surface area contributed by atoms with Crippen molar-refractivity contribution in [3.05, 3.63) is 55.1 Å². The smallest absolute Gasteiger partial charge is 0.310 e. The third-order valence-electron chi connectivity index (χ3n) is 8.71. The fourth-order valence-corrected chi connectivity index (χ4v) is 7.69. The molecular weight excluding hydrogens is 552 g/mol. The number of aliphatic hydroxyl groups is 1. The van der Waals surface area contributed by atoms with Gasteiger partial charge < -0.3 is 24.7 Å². The number of aliphatic hydroxyl groups excluding tert-OH is 1. The van der Waals surface area contributed by atoms with Gasteiger partial charge in [0.05, 0.1) is 30.6 Å². The molecule has 2 aromatic carbocycles. The van der Waals surface area contributed by atoms with Crippen LogP contribution < -0.4 is 4.90 Å². The Hall–Kier alpha value is -2.75. The Bertz CT molecular complexity index is 1280. The quantitative estimate of drug-likeness (QED) is 0.344. The number of amides is 2. The number of aliphatic carboxylic acids is 1. The predicted molar refractivity (Wildman–Crippen MR) is 147 cm³/mol. The largest absolute Gasteiger partial charge is 0.481 e. The van der Waals surface area contributed by atoms with Crippen LogP contribution in [0.4, 0.5) is 5.69 Å². The molecule has 1 spiro atoms. The van der Waals surface area contributed by atoms with Gasteiger partial charge in [0.2, 0.25) is 5.91 Å². The molecule has 38 heavy (non-hydrogen) atoms. The van der Waals surface area contributed by atoms with Crippen LogP contribution in [0.5, 0.6) is 0 Å². The van der Waals surface area contributed by atoms with Crippen molar-refractivity contribution in [1.29, 1.82) is 0 Å². The van der Waals surface area contributed by atoms with Gasteiger partial charge in [-0.1, -0.05) is 72.6 Å². The SMILES string of the molecule is C=CCN(C(=O)C1N([C@@H](CO)[C@@H](C)CC)C(=O)[C@@H]2[C@@H](C(=O)O)[C@@H]3OC12CC3Br)c1ccc2ccccc2c1. The third-order valence-corrected chi connectivity index (χ3v) is 9.56. The van der Waals surface area contributed by atoms with Gasteiger partial charge in [-0.25, -0.2) is 0 Å². The van der Waals surface area contributed by atoms with E-state index in [-0.39, 0.29) is 29.8 Å². The van der Waals surface area contributed by atoms with Crippen LogP contribution in [0.1, 0.15) is 26.7 Å². The molecule has 2 amide bonds. The summed E-state index contributed by atoms with van der Waals surface area (Å²) in [5, 5.41) is 22.5. The van der Waals surface area contributed by atoms with Gasteiger partial charge in [0.15, 0.2) is 0 Å². The van der Waals surface area contributed by atoms with Crippen LogP contribution in [0.15, 0.2) is 55.1 Å². The van der Waals surface area contributed by atoms with Gasteiger partial charge in [-0.3, -0.25) is 14.4 Å². The highest BCUT2D eigenvalue weighted by Crippen LogP contribution is 2.60. The molecule has 3 saturated heterocycles. The number of carboxylic acid groups (broad SMARTS) is 1. The number of fused-ring (bicyclic) bond motifs is 2. The van der Waals surface area contributed by atoms with Crippen molar-refractivity contribution in [2.75, 3.05) is 18.1 Å². The summed E-state index contributed by atoms with van der Waals surface area (Å²) in [5.74, 6) is -4.13. The molecule has 3 aliphatic heterocycles. The van der Waals surface area contributed by atoms with Gasteiger partial charge in [0, 0.05) is 17.1 Å². The predicted octanol–water partition coefficient (Wildman–Crippen LogP) is 3.60. The van der Waals surface area contributed by atoms with E-state index in [1.54, 1.807) is 11.0 Å². The van der Waals surface area contributed by atoms with Gasteiger partial charge in [0.25, 0.3) is 5.91 Å². The average Bonchev–Trinajstić information content (AvgIpc) is 3.50. The van der Waals surface area contributed by atoms with E-state index in [4.69, 9.17) is 4.74 Å². The number of carboxylic acids is 1. The Labute approximate surface area is 230 Å². The van der Waals surface area contributed by atoms with Crippen molar-refractivity contribution in [2.45, 2.75) is 55.3 Å². The molecule has 0 aromatic heterocycles. The van der Waals surface area contributed by atoms with E-state index in [0.29, 0.717) is 18.5 Å². The number of hydrogen-bond acceptors (Lipinski definition) is 5. The topological polar surface area (TPSA) is 107 Å². The molecule has 0 saturated carbocycles. The van der Waals surface area contributed by atoms with Crippen LogP contribution in [0.3, 0.4) is 0 Å². The van der Waals surface area contributed by atoms with Crippen LogP contribution in [0.2, 0.25) is 0 Å². The molecule has 9 heteroatoms. The minimum atomic E-state index is -1.31. The lowest BCUT2D eigenvalue weighted by atomic mass is 9.70. The highest BCUT2D eigenvalue weighted by atomic mass is 79.9. The van der Waals surface area contributed by atoms with Crippen LogP contribution in [-0.4, -0.2) is 74.7 Å². The van der Waals surface area contributed by atoms with E-state index >= 15 is 0 Å². The average molecular weight is 585 g/mol. The molecule has 0 aliphatic carbocycles. The van der Waals surface area contributed by atoms with Gasteiger partial charge in [-0.2, -0.15) is 0 Å². The van der Waals surface area contributed by atoms with Crippen molar-refractivity contribution < 1.29 is 29.3 Å². The first-order valence-corrected chi connectivity index (χ1v) is 14.0. The lowest BCUT2D eigenvalue weighted by Gasteiger charge is -2.41. The summed E-state index contributed by atoms with van der Waals surface area (Å²) in [5.41, 5.74) is -0.671. The van der Waals surface area contributed by atoms with Crippen molar-refractivity contribution in [3.8, 4) is 0 Å². The minimum absolute atomic E-state index is 0.122. The Morgan fingerprint density at radius 3 is 2.63 bits per heavy atom. The first kappa shape index (κ1) is 26.8. The molecule has 3 unspecified atom stereocenters. The summed E-state index contributed by atoms with van der Waals surface area (Å²) < 4.78 is 6.40. The first-order valence-electron chi connectivity index (χ1n) is 13.1. The van der Waals surface area contributed by atoms with E-state index in [2.05, 4.69) is 22.5 Å². The van der Waals surface area contributed by atoms with Crippen molar-refractivity contribution in [2.24, 2.45) is 17.8 Å². The number of alkyl halides is 1. The number of rotatable bonds is 9. The number of likely N-dealkylation sites (tertiary alicyclic amines) is 1. The monoisotopic (exact) mass is 584 g/mol. The molecular formula is C29H33BrN2O6. The Kier molecular flexibility index (Phi) is 7.13. The number of hydrogen-bond donors (Lipinski definition) is 2. The molecule has 5 rings (SSSR count). The number of carbonyl (C=O) groups excluding carboxylic acids is 2. The maximum Gasteiger partial charge on any atom is 0.310 e. The third kappa shape index (κ3) is 3.89. The maximum atomic E-state index is 14.6. The zero-order valence-corrected chi connectivity index (χ0v) is 23.1. The molecule has 3 fully saturated rings. The van der Waals surface area contributed by atoms with Gasteiger partial charge in [0.1, 0.15) is 11.6 Å². The Morgan fingerprint density at radius 2 is 2.00 bits per heavy atom. The lowest BCUT2D eigenvalue weighted by Crippen LogP contribution is -2.60. The van der Waals surface area contributed by atoms with E-state index in [1.165, 1.54) is 4.90 Å². The number of anilines is 1. The summed E-state index contributed by atoms with van der Waals surface area (Å²) in [6.07, 6.45) is 1.90. The van der Waals surface area contributed by atoms with Crippen LogP contribution in [0, 0.1) is 17.8 Å². The minimum Gasteiger partial charge on any atom is -0.481 e. The number of carbonyl (C=O) groups is 3. The fourth-order valence-electron chi connectivity index (χ4n) is 6.74. The number of ether oxygens (including phenoxy) is 1. The van der Waals surface area contributed by atoms with Crippen molar-refractivity contribution >= 4 is 50.2 Å². The van der Waals surface area contributed by atoms with E-state index in [0.717, 1.165) is 10.8 Å². The summed E-state index contributed by atoms with van der Waals surface area (Å²) in [6, 6.07) is 11.8. The lowest BCUT2D eigenvalue weighted by molar-refractivity contribution is -0.151. The molecule has 8 atom stereocenters. The molecule has 8 nitrogen and oxygen atoms in total. The number of nitrogens with zero attached hydrogens (tertiary/aromatic N) is 2. The van der Waals surface area contributed by atoms with Crippen LogP contribution in [0.25, 0.3) is 10.8 Å². The molecule has 2 N–H and O–H groups in total. The Balaban J connectivity index is 1.65. The van der Waals surface area contributed by atoms with Crippen molar-refractivity contribution in [3.63, 3.8) is 0 Å². The number of benzene rings is 2. The molecule has 2 aromatic rings. The highest BCUT2D eigenvalue weighted by molar-refractivity contribution is 9.09. The summed E-state index contributed by atoms with van der Waals surface area (Å²) in [4.78, 5) is 43.8. The van der Waals surface area contributed by atoms with Gasteiger partial charge >= 0.3 is 5.97 Å². The van der Waals surface area contributed by atoms with E-state index in [9.17, 15) is 24.6 Å². The van der Waals surface area contributed by atoms with Crippen LogP contribution >= 0.6 is 15.9 Å². The second-order valence-corrected chi connectivity index (χ2v) is 11.8. The second-order valence-electron chi connectivity index (χ2n) is 10.7. The van der Waals surface area contributed by atoms with Gasteiger partial charge in [-0.15, -0.1) is 6.58 Å². The maximum absolute atomic E-state index is 14.6. The fraction of sp³-hybridized carbons (Fsp3) is 0.483. The molecule has 0 radical (unpaired) electrons. The van der Waals surface area contributed by atoms with E-state index in [1.807, 2.05) is 56.3 Å². The molecule has 3 aliphatic rings. The zero-order valence-electron chi connectivity index (χ0n) is 21.5.